The molecule has 1 aliphatic heterocycles. The van der Waals surface area contributed by atoms with E-state index >= 15 is 0 Å². The number of hydrogen-bond acceptors (Lipinski definition) is 2. The van der Waals surface area contributed by atoms with Gasteiger partial charge in [0.1, 0.15) is 6.04 Å². The molecule has 2 nitrogen and oxygen atoms in total. The van der Waals surface area contributed by atoms with Crippen molar-refractivity contribution in [3.63, 3.8) is 0 Å². The maximum atomic E-state index is 4.68. The molecule has 0 aromatic rings. The fourth-order valence-corrected chi connectivity index (χ4v) is 3.85. The smallest absolute Gasteiger partial charge is 0.102 e. The minimum Gasteiger partial charge on any atom is -0.283 e. The number of fused-ring (bicyclic) bond motifs is 1. The molecular weight excluding hydrogens is 304 g/mol. The van der Waals surface area contributed by atoms with Crippen molar-refractivity contribution in [1.29, 1.82) is 0 Å². The van der Waals surface area contributed by atoms with Gasteiger partial charge in [-0.1, -0.05) is 43.0 Å². The lowest BCUT2D eigenvalue weighted by Gasteiger charge is -2.30. The number of rotatable bonds is 3. The summed E-state index contributed by atoms with van der Waals surface area (Å²) in [6, 6.07) is 0.109. The summed E-state index contributed by atoms with van der Waals surface area (Å²) >= 11 is 0. The van der Waals surface area contributed by atoms with Crippen molar-refractivity contribution in [2.24, 2.45) is 15.9 Å². The van der Waals surface area contributed by atoms with E-state index in [-0.39, 0.29) is 12.0 Å². The van der Waals surface area contributed by atoms with E-state index in [0.717, 1.165) is 18.5 Å². The molecule has 2 unspecified atom stereocenters. The van der Waals surface area contributed by atoms with Gasteiger partial charge in [0.15, 0.2) is 0 Å². The topological polar surface area (TPSA) is 24.7 Å². The van der Waals surface area contributed by atoms with Crippen molar-refractivity contribution in [3.8, 4) is 0 Å². The zero-order valence-corrected chi connectivity index (χ0v) is 15.4. The lowest BCUT2D eigenvalue weighted by atomic mass is 9.78. The van der Waals surface area contributed by atoms with E-state index in [4.69, 9.17) is 0 Å². The van der Waals surface area contributed by atoms with Gasteiger partial charge in [0.05, 0.1) is 5.70 Å². The third-order valence-corrected chi connectivity index (χ3v) is 5.09. The highest BCUT2D eigenvalue weighted by atomic mass is 14.9. The van der Waals surface area contributed by atoms with Gasteiger partial charge < -0.3 is 0 Å². The minimum absolute atomic E-state index is 0.109. The maximum Gasteiger partial charge on any atom is 0.102 e. The van der Waals surface area contributed by atoms with Crippen molar-refractivity contribution in [3.05, 3.63) is 82.7 Å². The lowest BCUT2D eigenvalue weighted by Crippen LogP contribution is -2.25. The Balaban J connectivity index is 2.13. The van der Waals surface area contributed by atoms with Crippen LogP contribution in [0.4, 0.5) is 0 Å². The van der Waals surface area contributed by atoms with Gasteiger partial charge in [-0.3, -0.25) is 9.98 Å². The van der Waals surface area contributed by atoms with Gasteiger partial charge in [0, 0.05) is 18.3 Å². The SMILES string of the molecule is C=C/C=C1/C=CCC/C1=C(/C)C1=CC2C=CC=NC2C(/N=C\C)=C1C. The Bertz CT molecular complexity index is 807. The van der Waals surface area contributed by atoms with Crippen LogP contribution in [0.25, 0.3) is 0 Å². The van der Waals surface area contributed by atoms with Crippen LogP contribution in [0.3, 0.4) is 0 Å². The number of nitrogens with zero attached hydrogens (tertiary/aromatic N) is 2. The van der Waals surface area contributed by atoms with Gasteiger partial charge in [-0.25, -0.2) is 0 Å². The minimum atomic E-state index is 0.109. The number of allylic oxidation sites excluding steroid dienone is 10. The summed E-state index contributed by atoms with van der Waals surface area (Å²) in [7, 11) is 0. The zero-order chi connectivity index (χ0) is 17.8. The van der Waals surface area contributed by atoms with Crippen LogP contribution in [0.5, 0.6) is 0 Å². The first-order valence-corrected chi connectivity index (χ1v) is 8.98. The van der Waals surface area contributed by atoms with Crippen LogP contribution in [0, 0.1) is 5.92 Å². The number of dihydropyridines is 1. The summed E-state index contributed by atoms with van der Waals surface area (Å²) in [6.07, 6.45) is 21.0. The van der Waals surface area contributed by atoms with Gasteiger partial charge in [-0.2, -0.15) is 0 Å². The fourth-order valence-electron chi connectivity index (χ4n) is 3.85. The molecule has 128 valence electrons. The summed E-state index contributed by atoms with van der Waals surface area (Å²) in [6.45, 7) is 10.3. The van der Waals surface area contributed by atoms with E-state index in [1.54, 1.807) is 0 Å². The van der Waals surface area contributed by atoms with Gasteiger partial charge in [-0.15, -0.1) is 0 Å². The van der Waals surface area contributed by atoms with E-state index in [1.165, 1.54) is 27.9 Å². The predicted molar refractivity (Wildman–Crippen MR) is 109 cm³/mol. The molecule has 0 radical (unpaired) electrons. The highest BCUT2D eigenvalue weighted by Crippen LogP contribution is 2.39. The molecule has 0 saturated heterocycles. The highest BCUT2D eigenvalue weighted by Gasteiger charge is 2.30. The van der Waals surface area contributed by atoms with Crippen molar-refractivity contribution < 1.29 is 0 Å². The van der Waals surface area contributed by atoms with Gasteiger partial charge >= 0.3 is 0 Å². The van der Waals surface area contributed by atoms with E-state index in [9.17, 15) is 0 Å². The van der Waals surface area contributed by atoms with Crippen molar-refractivity contribution in [2.45, 2.75) is 39.7 Å². The van der Waals surface area contributed by atoms with Crippen LogP contribution < -0.4 is 0 Å². The zero-order valence-electron chi connectivity index (χ0n) is 15.4. The monoisotopic (exact) mass is 330 g/mol. The molecule has 0 N–H and O–H groups in total. The van der Waals surface area contributed by atoms with Crippen LogP contribution in [0.15, 0.2) is 92.7 Å². The third-order valence-electron chi connectivity index (χ3n) is 5.09. The first kappa shape index (κ1) is 17.3. The van der Waals surface area contributed by atoms with Gasteiger partial charge in [-0.05, 0) is 67.6 Å². The normalized spacial score (nSPS) is 29.2. The lowest BCUT2D eigenvalue weighted by molar-refractivity contribution is 0.631. The molecule has 0 fully saturated rings. The molecule has 0 amide bonds. The van der Waals surface area contributed by atoms with Crippen LogP contribution in [0.2, 0.25) is 0 Å². The predicted octanol–water partition coefficient (Wildman–Crippen LogP) is 5.70. The average molecular weight is 330 g/mol. The van der Waals surface area contributed by atoms with E-state index in [1.807, 2.05) is 31.5 Å². The van der Waals surface area contributed by atoms with Gasteiger partial charge in [0.2, 0.25) is 0 Å². The molecule has 0 aromatic heterocycles. The standard InChI is InChI=1S/C23H26N2/c1-5-10-18-11-7-8-13-20(18)16(3)21-15-19-12-9-14-25-23(19)22(17(21)4)24-6-2/h5-7,9-12,14-15,19,23H,1,8,13H2,2-4H3/b18-10-,20-16+,24-6-. The molecule has 1 heterocycles. The molecule has 2 aliphatic carbocycles. The summed E-state index contributed by atoms with van der Waals surface area (Å²) in [5.74, 6) is 0.281. The highest BCUT2D eigenvalue weighted by molar-refractivity contribution is 5.74. The first-order chi connectivity index (χ1) is 12.2. The Hall–Kier alpha value is -2.48. The quantitative estimate of drug-likeness (QED) is 0.593. The number of hydrogen-bond donors (Lipinski definition) is 0. The second kappa shape index (κ2) is 7.60. The average Bonchev–Trinajstić information content (AvgIpc) is 2.64. The van der Waals surface area contributed by atoms with Crippen molar-refractivity contribution in [2.75, 3.05) is 0 Å². The second-order valence-corrected chi connectivity index (χ2v) is 6.59. The van der Waals surface area contributed by atoms with Crippen molar-refractivity contribution in [1.82, 2.24) is 0 Å². The molecule has 0 aromatic carbocycles. The molecule has 0 saturated carbocycles. The van der Waals surface area contributed by atoms with Crippen LogP contribution in [-0.4, -0.2) is 18.5 Å². The Kier molecular flexibility index (Phi) is 5.28. The second-order valence-electron chi connectivity index (χ2n) is 6.59. The maximum absolute atomic E-state index is 4.68. The number of aliphatic imine (C=N–C) groups is 2. The Morgan fingerprint density at radius 2 is 2.24 bits per heavy atom. The van der Waals surface area contributed by atoms with Crippen LogP contribution in [0.1, 0.15) is 33.6 Å². The largest absolute Gasteiger partial charge is 0.283 e. The molecule has 0 spiro atoms. The summed E-state index contributed by atoms with van der Waals surface area (Å²) < 4.78 is 0. The molecule has 25 heavy (non-hydrogen) atoms. The fraction of sp³-hybridized carbons (Fsp3) is 0.304. The summed E-state index contributed by atoms with van der Waals surface area (Å²) in [5.41, 5.74) is 7.67. The van der Waals surface area contributed by atoms with Gasteiger partial charge in [0.25, 0.3) is 0 Å². The third kappa shape index (κ3) is 3.34. The molecule has 0 bridgehead atoms. The Morgan fingerprint density at radius 3 is 3.00 bits per heavy atom. The van der Waals surface area contributed by atoms with E-state index in [2.05, 4.69) is 60.8 Å². The van der Waals surface area contributed by atoms with E-state index < -0.39 is 0 Å². The summed E-state index contributed by atoms with van der Waals surface area (Å²) in [4.78, 5) is 9.35. The summed E-state index contributed by atoms with van der Waals surface area (Å²) in [5, 5.41) is 0. The van der Waals surface area contributed by atoms with Crippen molar-refractivity contribution >= 4 is 12.4 Å². The molecule has 3 aliphatic rings. The molecular formula is C23H26N2. The Morgan fingerprint density at radius 1 is 1.40 bits per heavy atom. The molecule has 3 rings (SSSR count). The van der Waals surface area contributed by atoms with E-state index in [0.29, 0.717) is 0 Å². The van der Waals surface area contributed by atoms with Crippen LogP contribution >= 0.6 is 0 Å². The molecule has 2 atom stereocenters. The Labute approximate surface area is 151 Å². The molecule has 2 heteroatoms. The first-order valence-electron chi connectivity index (χ1n) is 8.98. The van der Waals surface area contributed by atoms with Crippen LogP contribution in [-0.2, 0) is 0 Å².